The summed E-state index contributed by atoms with van der Waals surface area (Å²) >= 11 is 0. The lowest BCUT2D eigenvalue weighted by molar-refractivity contribution is 0.122. The first-order valence-corrected chi connectivity index (χ1v) is 8.81. The number of fused-ring (bicyclic) bond motifs is 1. The largest absolute Gasteiger partial charge is 0.378 e. The standard InChI is InChI=1S/C17H26N6O/c1-13-15(17(21(2)20-13)22-7-9-24-10-8-22)11-19-14-3-4-16-18-5-6-23(16)12-14/h5-6,14,19H,3-4,7-12H2,1-2H3. The Morgan fingerprint density at radius 3 is 3.00 bits per heavy atom. The van der Waals surface area contributed by atoms with Gasteiger partial charge in [-0.15, -0.1) is 0 Å². The summed E-state index contributed by atoms with van der Waals surface area (Å²) in [5, 5.41) is 8.40. The van der Waals surface area contributed by atoms with Crippen LogP contribution in [-0.4, -0.2) is 51.7 Å². The lowest BCUT2D eigenvalue weighted by Gasteiger charge is -2.30. The third kappa shape index (κ3) is 2.93. The van der Waals surface area contributed by atoms with Crippen LogP contribution in [0.1, 0.15) is 23.5 Å². The molecular formula is C17H26N6O. The Kier molecular flexibility index (Phi) is 4.28. The number of hydrogen-bond donors (Lipinski definition) is 1. The summed E-state index contributed by atoms with van der Waals surface area (Å²) in [5.74, 6) is 2.45. The van der Waals surface area contributed by atoms with Gasteiger partial charge in [0.25, 0.3) is 0 Å². The Hall–Kier alpha value is -1.86. The first kappa shape index (κ1) is 15.7. The van der Waals surface area contributed by atoms with E-state index in [1.54, 1.807) is 0 Å². The fraction of sp³-hybridized carbons (Fsp3) is 0.647. The van der Waals surface area contributed by atoms with Crippen molar-refractivity contribution in [2.75, 3.05) is 31.2 Å². The maximum Gasteiger partial charge on any atom is 0.131 e. The predicted octanol–water partition coefficient (Wildman–Crippen LogP) is 0.866. The van der Waals surface area contributed by atoms with Gasteiger partial charge in [-0.2, -0.15) is 5.10 Å². The fourth-order valence-corrected chi connectivity index (χ4v) is 3.85. The van der Waals surface area contributed by atoms with Crippen molar-refractivity contribution in [2.45, 2.75) is 38.9 Å². The molecule has 0 aromatic carbocycles. The van der Waals surface area contributed by atoms with E-state index in [1.165, 1.54) is 17.2 Å². The molecule has 1 N–H and O–H groups in total. The van der Waals surface area contributed by atoms with Crippen molar-refractivity contribution in [3.8, 4) is 0 Å². The Morgan fingerprint density at radius 1 is 1.33 bits per heavy atom. The molecule has 2 aliphatic heterocycles. The molecule has 1 saturated heterocycles. The van der Waals surface area contributed by atoms with E-state index in [4.69, 9.17) is 4.74 Å². The predicted molar refractivity (Wildman–Crippen MR) is 92.2 cm³/mol. The van der Waals surface area contributed by atoms with Crippen LogP contribution in [0.3, 0.4) is 0 Å². The van der Waals surface area contributed by atoms with Gasteiger partial charge in [0.2, 0.25) is 0 Å². The topological polar surface area (TPSA) is 60.1 Å². The lowest BCUT2D eigenvalue weighted by atomic mass is 10.1. The summed E-state index contributed by atoms with van der Waals surface area (Å²) in [5.41, 5.74) is 2.43. The van der Waals surface area contributed by atoms with Crippen molar-refractivity contribution < 1.29 is 4.74 Å². The number of hydrogen-bond acceptors (Lipinski definition) is 5. The summed E-state index contributed by atoms with van der Waals surface area (Å²) in [7, 11) is 2.04. The molecule has 130 valence electrons. The van der Waals surface area contributed by atoms with Crippen molar-refractivity contribution in [1.82, 2.24) is 24.6 Å². The van der Waals surface area contributed by atoms with E-state index >= 15 is 0 Å². The zero-order valence-electron chi connectivity index (χ0n) is 14.5. The van der Waals surface area contributed by atoms with Gasteiger partial charge in [-0.05, 0) is 13.3 Å². The number of rotatable bonds is 4. The van der Waals surface area contributed by atoms with Crippen LogP contribution in [0, 0.1) is 6.92 Å². The van der Waals surface area contributed by atoms with Crippen LogP contribution in [0.5, 0.6) is 0 Å². The van der Waals surface area contributed by atoms with Gasteiger partial charge in [-0.1, -0.05) is 0 Å². The van der Waals surface area contributed by atoms with Gasteiger partial charge < -0.3 is 19.5 Å². The zero-order chi connectivity index (χ0) is 16.5. The molecule has 2 aliphatic rings. The molecule has 7 nitrogen and oxygen atoms in total. The molecular weight excluding hydrogens is 304 g/mol. The molecule has 7 heteroatoms. The normalized spacial score (nSPS) is 21.1. The van der Waals surface area contributed by atoms with Gasteiger partial charge >= 0.3 is 0 Å². The maximum atomic E-state index is 5.49. The number of aromatic nitrogens is 4. The summed E-state index contributed by atoms with van der Waals surface area (Å²) in [4.78, 5) is 6.80. The number of anilines is 1. The molecule has 4 rings (SSSR count). The van der Waals surface area contributed by atoms with E-state index in [0.717, 1.165) is 57.9 Å². The molecule has 0 amide bonds. The van der Waals surface area contributed by atoms with Gasteiger partial charge in [0, 0.05) is 63.6 Å². The average Bonchev–Trinajstić information content (AvgIpc) is 3.17. The van der Waals surface area contributed by atoms with Crippen LogP contribution in [0.2, 0.25) is 0 Å². The van der Waals surface area contributed by atoms with E-state index in [2.05, 4.69) is 38.0 Å². The Morgan fingerprint density at radius 2 is 2.17 bits per heavy atom. The molecule has 0 spiro atoms. The van der Waals surface area contributed by atoms with Gasteiger partial charge in [-0.3, -0.25) is 4.68 Å². The van der Waals surface area contributed by atoms with Crippen LogP contribution >= 0.6 is 0 Å². The highest BCUT2D eigenvalue weighted by molar-refractivity contribution is 5.50. The third-order valence-corrected chi connectivity index (χ3v) is 5.13. The summed E-state index contributed by atoms with van der Waals surface area (Å²) in [6.45, 7) is 7.44. The minimum absolute atomic E-state index is 0.490. The van der Waals surface area contributed by atoms with Gasteiger partial charge in [0.15, 0.2) is 0 Å². The molecule has 1 fully saturated rings. The van der Waals surface area contributed by atoms with Crippen LogP contribution < -0.4 is 10.2 Å². The zero-order valence-corrected chi connectivity index (χ0v) is 14.5. The number of morpholine rings is 1. The highest BCUT2D eigenvalue weighted by atomic mass is 16.5. The second-order valence-corrected chi connectivity index (χ2v) is 6.72. The molecule has 0 saturated carbocycles. The second-order valence-electron chi connectivity index (χ2n) is 6.72. The average molecular weight is 330 g/mol. The van der Waals surface area contributed by atoms with Crippen LogP contribution in [0.25, 0.3) is 0 Å². The van der Waals surface area contributed by atoms with Crippen LogP contribution in [-0.2, 0) is 31.3 Å². The van der Waals surface area contributed by atoms with E-state index < -0.39 is 0 Å². The van der Waals surface area contributed by atoms with Gasteiger partial charge in [-0.25, -0.2) is 4.98 Å². The first-order chi connectivity index (χ1) is 11.7. The Labute approximate surface area is 142 Å². The molecule has 2 aromatic heterocycles. The molecule has 0 radical (unpaired) electrons. The molecule has 4 heterocycles. The first-order valence-electron chi connectivity index (χ1n) is 8.81. The Balaban J connectivity index is 1.46. The molecule has 0 bridgehead atoms. The number of nitrogens with one attached hydrogen (secondary N) is 1. The molecule has 0 aliphatic carbocycles. The third-order valence-electron chi connectivity index (χ3n) is 5.13. The lowest BCUT2D eigenvalue weighted by Crippen LogP contribution is -2.39. The van der Waals surface area contributed by atoms with Gasteiger partial charge in [0.05, 0.1) is 18.9 Å². The monoisotopic (exact) mass is 330 g/mol. The van der Waals surface area contributed by atoms with Crippen molar-refractivity contribution in [2.24, 2.45) is 7.05 Å². The summed E-state index contributed by atoms with van der Waals surface area (Å²) in [6, 6.07) is 0.490. The van der Waals surface area contributed by atoms with E-state index in [-0.39, 0.29) is 0 Å². The smallest absolute Gasteiger partial charge is 0.131 e. The molecule has 24 heavy (non-hydrogen) atoms. The number of aryl methyl sites for hydroxylation is 3. The highest BCUT2D eigenvalue weighted by Crippen LogP contribution is 2.24. The Bertz CT molecular complexity index is 700. The highest BCUT2D eigenvalue weighted by Gasteiger charge is 2.23. The van der Waals surface area contributed by atoms with E-state index in [1.807, 2.05) is 17.9 Å². The van der Waals surface area contributed by atoms with E-state index in [9.17, 15) is 0 Å². The number of imidazole rings is 1. The minimum Gasteiger partial charge on any atom is -0.378 e. The van der Waals surface area contributed by atoms with Crippen molar-refractivity contribution >= 4 is 5.82 Å². The second kappa shape index (κ2) is 6.57. The van der Waals surface area contributed by atoms with Crippen molar-refractivity contribution in [3.63, 3.8) is 0 Å². The maximum absolute atomic E-state index is 5.49. The minimum atomic E-state index is 0.490. The summed E-state index contributed by atoms with van der Waals surface area (Å²) in [6.07, 6.45) is 6.17. The van der Waals surface area contributed by atoms with E-state index in [0.29, 0.717) is 6.04 Å². The molecule has 1 atom stereocenters. The van der Waals surface area contributed by atoms with Gasteiger partial charge in [0.1, 0.15) is 11.6 Å². The quantitative estimate of drug-likeness (QED) is 0.901. The fourth-order valence-electron chi connectivity index (χ4n) is 3.85. The number of ether oxygens (including phenoxy) is 1. The molecule has 1 unspecified atom stereocenters. The van der Waals surface area contributed by atoms with Crippen molar-refractivity contribution in [3.05, 3.63) is 29.5 Å². The van der Waals surface area contributed by atoms with Crippen molar-refractivity contribution in [1.29, 1.82) is 0 Å². The SMILES string of the molecule is Cc1nn(C)c(N2CCOCC2)c1CNC1CCc2nccn2C1. The number of nitrogens with zero attached hydrogens (tertiary/aromatic N) is 5. The van der Waals surface area contributed by atoms with Crippen LogP contribution in [0.4, 0.5) is 5.82 Å². The molecule has 2 aromatic rings. The summed E-state index contributed by atoms with van der Waals surface area (Å²) < 4.78 is 9.78. The van der Waals surface area contributed by atoms with Crippen LogP contribution in [0.15, 0.2) is 12.4 Å².